The van der Waals surface area contributed by atoms with Crippen LogP contribution >= 0.6 is 23.2 Å². The first-order valence-corrected chi connectivity index (χ1v) is 12.3. The molecule has 0 aromatic heterocycles. The molecule has 2 aromatic carbocycles. The lowest BCUT2D eigenvalue weighted by Crippen LogP contribution is -2.36. The topological polar surface area (TPSA) is 84.5 Å². The lowest BCUT2D eigenvalue weighted by molar-refractivity contribution is -0.137. The van der Waals surface area contributed by atoms with E-state index in [1.165, 1.54) is 24.3 Å². The minimum Gasteiger partial charge on any atom is -0.482 e. The largest absolute Gasteiger partial charge is 0.482 e. The third kappa shape index (κ3) is 6.99. The summed E-state index contributed by atoms with van der Waals surface area (Å²) < 4.78 is 72.6. The van der Waals surface area contributed by atoms with Gasteiger partial charge < -0.3 is 10.1 Å². The summed E-state index contributed by atoms with van der Waals surface area (Å²) in [4.78, 5) is 12.1. The molecule has 180 valence electrons. The van der Waals surface area contributed by atoms with Gasteiger partial charge in [0.2, 0.25) is 10.0 Å². The zero-order valence-electron chi connectivity index (χ0n) is 17.2. The number of anilines is 1. The van der Waals surface area contributed by atoms with Gasteiger partial charge in [0.15, 0.2) is 6.61 Å². The Morgan fingerprint density at radius 3 is 2.39 bits per heavy atom. The van der Waals surface area contributed by atoms with E-state index in [1.807, 2.05) is 0 Å². The Kier molecular flexibility index (Phi) is 8.15. The van der Waals surface area contributed by atoms with Crippen molar-refractivity contribution in [1.29, 1.82) is 0 Å². The molecule has 1 saturated carbocycles. The number of ether oxygens (including phenoxy) is 1. The lowest BCUT2D eigenvalue weighted by Gasteiger charge is -2.22. The molecule has 0 unspecified atom stereocenters. The zero-order valence-corrected chi connectivity index (χ0v) is 19.5. The molecule has 0 saturated heterocycles. The molecule has 2 aromatic rings. The second-order valence-electron chi connectivity index (χ2n) is 7.57. The molecule has 2 N–H and O–H groups in total. The van der Waals surface area contributed by atoms with Crippen molar-refractivity contribution in [3.8, 4) is 5.75 Å². The fourth-order valence-corrected chi connectivity index (χ4v) is 5.27. The van der Waals surface area contributed by atoms with Crippen LogP contribution in [0.2, 0.25) is 10.0 Å². The molecule has 1 fully saturated rings. The zero-order chi connectivity index (χ0) is 24.2. The highest BCUT2D eigenvalue weighted by Gasteiger charge is 2.34. The molecule has 0 radical (unpaired) electrons. The molecular weight excluding hydrogens is 504 g/mol. The number of sulfonamides is 1. The summed E-state index contributed by atoms with van der Waals surface area (Å²) in [6.45, 7) is -0.647. The van der Waals surface area contributed by atoms with Crippen LogP contribution in [0.3, 0.4) is 0 Å². The van der Waals surface area contributed by atoms with E-state index in [1.54, 1.807) is 0 Å². The number of halogens is 5. The molecule has 0 heterocycles. The van der Waals surface area contributed by atoms with E-state index in [0.717, 1.165) is 38.2 Å². The average molecular weight is 525 g/mol. The fraction of sp³-hybridized carbons (Fsp3) is 0.381. The second-order valence-corrected chi connectivity index (χ2v) is 10.1. The molecule has 33 heavy (non-hydrogen) atoms. The maximum absolute atomic E-state index is 13.2. The van der Waals surface area contributed by atoms with Crippen LogP contribution in [0.15, 0.2) is 41.3 Å². The van der Waals surface area contributed by atoms with Crippen LogP contribution in [0.4, 0.5) is 18.9 Å². The Hall–Kier alpha value is -2.01. The van der Waals surface area contributed by atoms with E-state index in [-0.39, 0.29) is 26.7 Å². The van der Waals surface area contributed by atoms with Crippen LogP contribution in [0.5, 0.6) is 5.75 Å². The minimum absolute atomic E-state index is 0.00980. The summed E-state index contributed by atoms with van der Waals surface area (Å²) in [5.74, 6) is -0.856. The molecule has 3 rings (SSSR count). The van der Waals surface area contributed by atoms with Crippen LogP contribution < -0.4 is 14.8 Å². The molecule has 1 amide bonds. The molecule has 1 aliphatic rings. The first-order valence-electron chi connectivity index (χ1n) is 10.1. The quantitative estimate of drug-likeness (QED) is 0.490. The Bertz CT molecular complexity index is 1120. The fourth-order valence-electron chi connectivity index (χ4n) is 3.46. The van der Waals surface area contributed by atoms with Gasteiger partial charge in [-0.3, -0.25) is 4.79 Å². The highest BCUT2D eigenvalue weighted by atomic mass is 35.5. The van der Waals surface area contributed by atoms with Gasteiger partial charge in [-0.2, -0.15) is 13.2 Å². The first-order chi connectivity index (χ1) is 15.5. The third-order valence-corrected chi connectivity index (χ3v) is 7.11. The van der Waals surface area contributed by atoms with Gasteiger partial charge >= 0.3 is 6.18 Å². The normalized spacial score (nSPS) is 15.3. The van der Waals surface area contributed by atoms with Crippen molar-refractivity contribution < 1.29 is 31.1 Å². The summed E-state index contributed by atoms with van der Waals surface area (Å²) in [6, 6.07) is 6.59. The first kappa shape index (κ1) is 25.6. The van der Waals surface area contributed by atoms with Crippen molar-refractivity contribution in [2.75, 3.05) is 11.9 Å². The van der Waals surface area contributed by atoms with Gasteiger partial charge in [0.05, 0.1) is 21.2 Å². The molecule has 12 heteroatoms. The van der Waals surface area contributed by atoms with Gasteiger partial charge in [-0.25, -0.2) is 13.1 Å². The molecule has 6 nitrogen and oxygen atoms in total. The molecule has 0 aliphatic heterocycles. The van der Waals surface area contributed by atoms with E-state index in [2.05, 4.69) is 10.0 Å². The van der Waals surface area contributed by atoms with E-state index in [0.29, 0.717) is 6.07 Å². The lowest BCUT2D eigenvalue weighted by atomic mass is 9.96. The Morgan fingerprint density at radius 2 is 1.76 bits per heavy atom. The van der Waals surface area contributed by atoms with Crippen LogP contribution in [-0.4, -0.2) is 27.0 Å². The van der Waals surface area contributed by atoms with Crippen molar-refractivity contribution in [2.24, 2.45) is 0 Å². The number of alkyl halides is 3. The number of nitrogens with one attached hydrogen (secondary N) is 2. The number of amides is 1. The molecule has 0 spiro atoms. The summed E-state index contributed by atoms with van der Waals surface area (Å²) >= 11 is 11.7. The van der Waals surface area contributed by atoms with Gasteiger partial charge in [-0.1, -0.05) is 42.5 Å². The predicted molar refractivity (Wildman–Crippen MR) is 119 cm³/mol. The minimum atomic E-state index is -4.72. The number of benzene rings is 2. The van der Waals surface area contributed by atoms with Crippen molar-refractivity contribution in [3.05, 3.63) is 52.0 Å². The average Bonchev–Trinajstić information content (AvgIpc) is 2.73. The second kappa shape index (κ2) is 10.5. The number of hydrogen-bond donors (Lipinski definition) is 2. The highest BCUT2D eigenvalue weighted by Crippen LogP contribution is 2.36. The Morgan fingerprint density at radius 1 is 1.06 bits per heavy atom. The maximum atomic E-state index is 13.2. The van der Waals surface area contributed by atoms with Crippen molar-refractivity contribution in [3.63, 3.8) is 0 Å². The highest BCUT2D eigenvalue weighted by molar-refractivity contribution is 7.89. The predicted octanol–water partition coefficient (Wildman–Crippen LogP) is 5.64. The van der Waals surface area contributed by atoms with E-state index < -0.39 is 40.0 Å². The van der Waals surface area contributed by atoms with Gasteiger partial charge in [-0.05, 0) is 49.2 Å². The van der Waals surface area contributed by atoms with Gasteiger partial charge in [0.25, 0.3) is 5.91 Å². The Balaban J connectivity index is 1.64. The summed E-state index contributed by atoms with van der Waals surface area (Å²) in [6.07, 6.45) is -0.170. The summed E-state index contributed by atoms with van der Waals surface area (Å²) in [7, 11) is -3.78. The Labute approximate surface area is 199 Å². The molecular formula is C21H21Cl2F3N2O4S. The van der Waals surface area contributed by atoms with E-state index in [4.69, 9.17) is 27.9 Å². The van der Waals surface area contributed by atoms with Gasteiger partial charge in [0, 0.05) is 11.1 Å². The van der Waals surface area contributed by atoms with Crippen LogP contribution in [0, 0.1) is 0 Å². The number of carbonyl (C=O) groups excluding carboxylic acids is 1. The number of hydrogen-bond acceptors (Lipinski definition) is 4. The van der Waals surface area contributed by atoms with Crippen molar-refractivity contribution >= 4 is 44.8 Å². The molecule has 0 atom stereocenters. The molecule has 0 bridgehead atoms. The molecule has 1 aliphatic carbocycles. The van der Waals surface area contributed by atoms with Crippen molar-refractivity contribution in [2.45, 2.75) is 49.2 Å². The van der Waals surface area contributed by atoms with Crippen molar-refractivity contribution in [1.82, 2.24) is 4.72 Å². The summed E-state index contributed by atoms with van der Waals surface area (Å²) in [5, 5.41) is 1.94. The van der Waals surface area contributed by atoms with E-state index in [9.17, 15) is 26.4 Å². The monoisotopic (exact) mass is 524 g/mol. The van der Waals surface area contributed by atoms with Crippen LogP contribution in [0.1, 0.15) is 37.7 Å². The SMILES string of the molecule is O=C(COc1ccc(S(=O)(=O)NC2CCCCC2)cc1Cl)Nc1ccc(Cl)cc1C(F)(F)F. The summed E-state index contributed by atoms with van der Waals surface area (Å²) in [5.41, 5.74) is -1.57. The van der Waals surface area contributed by atoms with Gasteiger partial charge in [-0.15, -0.1) is 0 Å². The number of rotatable bonds is 7. The smallest absolute Gasteiger partial charge is 0.418 e. The van der Waals surface area contributed by atoms with E-state index >= 15 is 0 Å². The van der Waals surface area contributed by atoms with Crippen LogP contribution in [0.25, 0.3) is 0 Å². The standard InChI is InChI=1S/C21H21Cl2F3N2O4S/c22-13-6-8-18(16(10-13)21(24,25)26)27-20(29)12-32-19-9-7-15(11-17(19)23)33(30,31)28-14-4-2-1-3-5-14/h6-11,14,28H,1-5,12H2,(H,27,29). The maximum Gasteiger partial charge on any atom is 0.418 e. The van der Waals surface area contributed by atoms with Gasteiger partial charge in [0.1, 0.15) is 5.75 Å². The van der Waals surface area contributed by atoms with Crippen LogP contribution in [-0.2, 0) is 21.0 Å². The third-order valence-electron chi connectivity index (χ3n) is 5.06. The number of carbonyl (C=O) groups is 1.